The molecule has 76 valence electrons. The van der Waals surface area contributed by atoms with E-state index in [1.165, 1.54) is 6.07 Å². The van der Waals surface area contributed by atoms with Crippen molar-refractivity contribution in [1.82, 2.24) is 0 Å². The molecule has 0 spiro atoms. The smallest absolute Gasteiger partial charge is 0.305 e. The molecule has 0 amide bonds. The average Bonchev–Trinajstić information content (AvgIpc) is 2.17. The van der Waals surface area contributed by atoms with E-state index in [2.05, 4.69) is 0 Å². The Bertz CT molecular complexity index is 356. The summed E-state index contributed by atoms with van der Waals surface area (Å²) in [5.74, 6) is -0.928. The van der Waals surface area contributed by atoms with Crippen LogP contribution in [0.15, 0.2) is 18.2 Å². The largest absolute Gasteiger partial charge is 0.387 e. The van der Waals surface area contributed by atoms with Crippen LogP contribution in [0.2, 0.25) is 0 Å². The van der Waals surface area contributed by atoms with Gasteiger partial charge in [0.1, 0.15) is 0 Å². The molecule has 6 heteroatoms. The highest BCUT2D eigenvalue weighted by Crippen LogP contribution is 2.21. The van der Waals surface area contributed by atoms with Gasteiger partial charge in [0.15, 0.2) is 0 Å². The minimum absolute atomic E-state index is 0.0667. The fourth-order valence-electron chi connectivity index (χ4n) is 1.01. The molecular weight excluding hydrogens is 191 g/mol. The van der Waals surface area contributed by atoms with Crippen LogP contribution < -0.4 is 5.73 Å². The molecule has 0 saturated carbocycles. The van der Waals surface area contributed by atoms with Crippen LogP contribution in [0.4, 0.5) is 10.1 Å². The summed E-state index contributed by atoms with van der Waals surface area (Å²) in [6.07, 6.45) is -1.01. The molecular formula is C8H9FN2O3. The van der Waals surface area contributed by atoms with E-state index in [0.29, 0.717) is 0 Å². The lowest BCUT2D eigenvalue weighted by atomic mass is 10.1. The monoisotopic (exact) mass is 200 g/mol. The molecule has 0 bridgehead atoms. The maximum absolute atomic E-state index is 12.8. The summed E-state index contributed by atoms with van der Waals surface area (Å²) in [6.45, 7) is -0.0667. The lowest BCUT2D eigenvalue weighted by Gasteiger charge is -2.07. The Kier molecular flexibility index (Phi) is 3.10. The van der Waals surface area contributed by atoms with Gasteiger partial charge in [-0.05, 0) is 11.6 Å². The topological polar surface area (TPSA) is 89.4 Å². The van der Waals surface area contributed by atoms with Gasteiger partial charge in [-0.3, -0.25) is 10.1 Å². The van der Waals surface area contributed by atoms with E-state index < -0.39 is 22.5 Å². The number of nitrogens with zero attached hydrogens (tertiary/aromatic N) is 1. The van der Waals surface area contributed by atoms with Crippen molar-refractivity contribution in [3.63, 3.8) is 0 Å². The van der Waals surface area contributed by atoms with Crippen LogP contribution in [0, 0.1) is 15.9 Å². The molecule has 0 aliphatic rings. The minimum atomic E-state index is -1.01. The van der Waals surface area contributed by atoms with E-state index in [1.807, 2.05) is 0 Å². The molecule has 0 heterocycles. The van der Waals surface area contributed by atoms with Gasteiger partial charge in [-0.2, -0.15) is 4.39 Å². The van der Waals surface area contributed by atoms with Crippen molar-refractivity contribution in [3.8, 4) is 0 Å². The quantitative estimate of drug-likeness (QED) is 0.555. The lowest BCUT2D eigenvalue weighted by Crippen LogP contribution is -2.11. The molecule has 14 heavy (non-hydrogen) atoms. The lowest BCUT2D eigenvalue weighted by molar-refractivity contribution is -0.387. The second-order valence-corrected chi connectivity index (χ2v) is 2.72. The van der Waals surface area contributed by atoms with Crippen LogP contribution in [0.5, 0.6) is 0 Å². The summed E-state index contributed by atoms with van der Waals surface area (Å²) in [4.78, 5) is 9.49. The van der Waals surface area contributed by atoms with E-state index in [-0.39, 0.29) is 12.1 Å². The molecule has 0 radical (unpaired) electrons. The van der Waals surface area contributed by atoms with Crippen molar-refractivity contribution >= 4 is 5.69 Å². The van der Waals surface area contributed by atoms with E-state index in [0.717, 1.165) is 12.1 Å². The molecule has 1 unspecified atom stereocenters. The van der Waals surface area contributed by atoms with Gasteiger partial charge >= 0.3 is 5.69 Å². The van der Waals surface area contributed by atoms with E-state index >= 15 is 0 Å². The van der Waals surface area contributed by atoms with Crippen LogP contribution in [0.1, 0.15) is 11.7 Å². The highest BCUT2D eigenvalue weighted by Gasteiger charge is 2.16. The maximum Gasteiger partial charge on any atom is 0.305 e. The number of nitro groups is 1. The number of rotatable bonds is 3. The molecule has 0 aliphatic heterocycles. The summed E-state index contributed by atoms with van der Waals surface area (Å²) in [5, 5.41) is 19.6. The predicted octanol–water partition coefficient (Wildman–Crippen LogP) is 0.726. The fourth-order valence-corrected chi connectivity index (χ4v) is 1.01. The summed E-state index contributed by atoms with van der Waals surface area (Å²) in [5.41, 5.74) is 4.73. The highest BCUT2D eigenvalue weighted by molar-refractivity contribution is 5.37. The number of aliphatic hydroxyl groups excluding tert-OH is 1. The summed E-state index contributed by atoms with van der Waals surface area (Å²) >= 11 is 0. The third-order valence-electron chi connectivity index (χ3n) is 1.77. The van der Waals surface area contributed by atoms with Crippen LogP contribution in [-0.4, -0.2) is 16.6 Å². The van der Waals surface area contributed by atoms with Crippen LogP contribution >= 0.6 is 0 Å². The van der Waals surface area contributed by atoms with Crippen LogP contribution in [0.3, 0.4) is 0 Å². The van der Waals surface area contributed by atoms with Gasteiger partial charge in [0.05, 0.1) is 11.0 Å². The van der Waals surface area contributed by atoms with Crippen molar-refractivity contribution in [2.24, 2.45) is 5.73 Å². The highest BCUT2D eigenvalue weighted by atomic mass is 19.1. The zero-order valence-electron chi connectivity index (χ0n) is 7.18. The van der Waals surface area contributed by atoms with Gasteiger partial charge in [-0.15, -0.1) is 0 Å². The van der Waals surface area contributed by atoms with Gasteiger partial charge in [0, 0.05) is 12.6 Å². The van der Waals surface area contributed by atoms with Crippen LogP contribution in [-0.2, 0) is 0 Å². The normalized spacial score (nSPS) is 12.5. The Morgan fingerprint density at radius 3 is 2.79 bits per heavy atom. The molecule has 3 N–H and O–H groups in total. The van der Waals surface area contributed by atoms with Gasteiger partial charge in [0.25, 0.3) is 0 Å². The Labute approximate surface area is 79.1 Å². The fraction of sp³-hybridized carbons (Fsp3) is 0.250. The Morgan fingerprint density at radius 2 is 2.29 bits per heavy atom. The van der Waals surface area contributed by atoms with Crippen LogP contribution in [0.25, 0.3) is 0 Å². The standard InChI is InChI=1S/C8H9FN2O3/c9-6-2-1-5(8(12)4-10)3-7(6)11(13)14/h1-3,8,12H,4,10H2. The zero-order valence-corrected chi connectivity index (χ0v) is 7.18. The maximum atomic E-state index is 12.8. The molecule has 1 aromatic rings. The van der Waals surface area contributed by atoms with E-state index in [9.17, 15) is 19.6 Å². The molecule has 1 aromatic carbocycles. The first-order chi connectivity index (χ1) is 6.56. The Morgan fingerprint density at radius 1 is 1.64 bits per heavy atom. The van der Waals surface area contributed by atoms with Gasteiger partial charge in [0.2, 0.25) is 5.82 Å². The molecule has 5 nitrogen and oxygen atoms in total. The van der Waals surface area contributed by atoms with Crippen molar-refractivity contribution in [2.45, 2.75) is 6.10 Å². The Balaban J connectivity index is 3.12. The number of hydrogen-bond acceptors (Lipinski definition) is 4. The number of halogens is 1. The van der Waals surface area contributed by atoms with Crippen molar-refractivity contribution in [2.75, 3.05) is 6.54 Å². The number of hydrogen-bond donors (Lipinski definition) is 2. The molecule has 0 saturated heterocycles. The molecule has 0 aromatic heterocycles. The summed E-state index contributed by atoms with van der Waals surface area (Å²) in [6, 6.07) is 3.18. The molecule has 1 rings (SSSR count). The van der Waals surface area contributed by atoms with Gasteiger partial charge in [-0.25, -0.2) is 0 Å². The SMILES string of the molecule is NCC(O)c1ccc(F)c([N+](=O)[O-])c1. The zero-order chi connectivity index (χ0) is 10.7. The van der Waals surface area contributed by atoms with Crippen molar-refractivity contribution in [3.05, 3.63) is 39.7 Å². The second-order valence-electron chi connectivity index (χ2n) is 2.72. The number of nitro benzene ring substituents is 1. The average molecular weight is 200 g/mol. The molecule has 0 aliphatic carbocycles. The second kappa shape index (κ2) is 4.12. The minimum Gasteiger partial charge on any atom is -0.387 e. The summed E-state index contributed by atoms with van der Waals surface area (Å²) in [7, 11) is 0. The first-order valence-electron chi connectivity index (χ1n) is 3.88. The first-order valence-corrected chi connectivity index (χ1v) is 3.88. The van der Waals surface area contributed by atoms with Gasteiger partial charge < -0.3 is 10.8 Å². The third-order valence-corrected chi connectivity index (χ3v) is 1.77. The third kappa shape index (κ3) is 2.04. The summed E-state index contributed by atoms with van der Waals surface area (Å²) < 4.78 is 12.8. The van der Waals surface area contributed by atoms with Gasteiger partial charge in [-0.1, -0.05) is 6.07 Å². The molecule has 1 atom stereocenters. The van der Waals surface area contributed by atoms with E-state index in [4.69, 9.17) is 5.73 Å². The predicted molar refractivity (Wildman–Crippen MR) is 47.1 cm³/mol. The Hall–Kier alpha value is -1.53. The number of nitrogens with two attached hydrogens (primary N) is 1. The first kappa shape index (κ1) is 10.6. The van der Waals surface area contributed by atoms with Crippen molar-refractivity contribution < 1.29 is 14.4 Å². The number of aliphatic hydroxyl groups is 1. The number of benzene rings is 1. The van der Waals surface area contributed by atoms with E-state index in [1.54, 1.807) is 0 Å². The van der Waals surface area contributed by atoms with Crippen molar-refractivity contribution in [1.29, 1.82) is 0 Å². The molecule has 0 fully saturated rings.